The maximum Gasteiger partial charge on any atom is 0.175 e. The van der Waals surface area contributed by atoms with Crippen molar-refractivity contribution in [3.63, 3.8) is 0 Å². The van der Waals surface area contributed by atoms with Gasteiger partial charge in [-0.05, 0) is 30.0 Å². The van der Waals surface area contributed by atoms with E-state index < -0.39 is 0 Å². The number of ether oxygens (including phenoxy) is 1. The van der Waals surface area contributed by atoms with Crippen LogP contribution >= 0.6 is 34.5 Å². The standard InChI is InChI=1S/C14H10Cl2N2OS/c1-7-3-4-8(15)11-10(7)13(16)18-14(17-11)12-9(19-2)5-6-20-12/h3-6H,1-2H3. The molecule has 0 saturated carbocycles. The van der Waals surface area contributed by atoms with E-state index >= 15 is 0 Å². The Morgan fingerprint density at radius 1 is 1.15 bits per heavy atom. The average Bonchev–Trinajstić information content (AvgIpc) is 2.91. The Kier molecular flexibility index (Phi) is 3.54. The van der Waals surface area contributed by atoms with Crippen molar-refractivity contribution in [1.29, 1.82) is 0 Å². The highest BCUT2D eigenvalue weighted by atomic mass is 35.5. The number of hydrogen-bond donors (Lipinski definition) is 0. The topological polar surface area (TPSA) is 35.0 Å². The molecule has 0 aliphatic carbocycles. The van der Waals surface area contributed by atoms with Gasteiger partial charge < -0.3 is 4.74 Å². The van der Waals surface area contributed by atoms with Crippen LogP contribution in [0.4, 0.5) is 0 Å². The zero-order chi connectivity index (χ0) is 14.3. The van der Waals surface area contributed by atoms with Gasteiger partial charge in [-0.25, -0.2) is 9.97 Å². The monoisotopic (exact) mass is 324 g/mol. The Labute approximate surface area is 130 Å². The van der Waals surface area contributed by atoms with E-state index in [0.29, 0.717) is 21.5 Å². The van der Waals surface area contributed by atoms with E-state index in [2.05, 4.69) is 9.97 Å². The highest BCUT2D eigenvalue weighted by Gasteiger charge is 2.16. The van der Waals surface area contributed by atoms with Crippen LogP contribution in [0.2, 0.25) is 10.2 Å². The number of hydrogen-bond acceptors (Lipinski definition) is 4. The number of nitrogens with zero attached hydrogens (tertiary/aromatic N) is 2. The number of aromatic nitrogens is 2. The molecule has 0 radical (unpaired) electrons. The summed E-state index contributed by atoms with van der Waals surface area (Å²) in [7, 11) is 1.62. The first-order valence-electron chi connectivity index (χ1n) is 5.86. The molecule has 1 aromatic carbocycles. The summed E-state index contributed by atoms with van der Waals surface area (Å²) in [5.74, 6) is 1.26. The maximum absolute atomic E-state index is 6.31. The molecule has 2 heterocycles. The van der Waals surface area contributed by atoms with Crippen LogP contribution in [0.1, 0.15) is 5.56 Å². The largest absolute Gasteiger partial charge is 0.495 e. The minimum absolute atomic E-state index is 0.403. The second-order valence-corrected chi connectivity index (χ2v) is 5.93. The predicted molar refractivity (Wildman–Crippen MR) is 84.2 cm³/mol. The van der Waals surface area contributed by atoms with Crippen LogP contribution < -0.4 is 4.74 Å². The van der Waals surface area contributed by atoms with Crippen molar-refractivity contribution in [1.82, 2.24) is 9.97 Å². The molecule has 0 unspecified atom stereocenters. The lowest BCUT2D eigenvalue weighted by Crippen LogP contribution is -1.94. The molecule has 0 atom stereocenters. The van der Waals surface area contributed by atoms with Crippen LogP contribution in [0.3, 0.4) is 0 Å². The highest BCUT2D eigenvalue weighted by molar-refractivity contribution is 7.13. The van der Waals surface area contributed by atoms with Gasteiger partial charge in [-0.3, -0.25) is 0 Å². The molecule has 3 aromatic rings. The molecule has 0 bridgehead atoms. The molecule has 6 heteroatoms. The number of methoxy groups -OCH3 is 1. The summed E-state index contributed by atoms with van der Waals surface area (Å²) >= 11 is 14.0. The van der Waals surface area contributed by atoms with Gasteiger partial charge in [-0.15, -0.1) is 11.3 Å². The van der Waals surface area contributed by atoms with Gasteiger partial charge in [-0.1, -0.05) is 29.3 Å². The quantitative estimate of drug-likeness (QED) is 0.623. The molecule has 20 heavy (non-hydrogen) atoms. The summed E-state index contributed by atoms with van der Waals surface area (Å²) in [4.78, 5) is 9.77. The van der Waals surface area contributed by atoms with Crippen molar-refractivity contribution in [3.8, 4) is 16.5 Å². The summed E-state index contributed by atoms with van der Waals surface area (Å²) in [6.07, 6.45) is 0. The Morgan fingerprint density at radius 2 is 1.95 bits per heavy atom. The molecule has 2 aromatic heterocycles. The zero-order valence-corrected chi connectivity index (χ0v) is 13.1. The van der Waals surface area contributed by atoms with Gasteiger partial charge in [0, 0.05) is 5.39 Å². The van der Waals surface area contributed by atoms with Gasteiger partial charge in [-0.2, -0.15) is 0 Å². The lowest BCUT2D eigenvalue weighted by Gasteiger charge is -2.08. The van der Waals surface area contributed by atoms with Crippen molar-refractivity contribution in [2.45, 2.75) is 6.92 Å². The van der Waals surface area contributed by atoms with Crippen molar-refractivity contribution < 1.29 is 4.74 Å². The van der Waals surface area contributed by atoms with Gasteiger partial charge in [0.15, 0.2) is 5.82 Å². The number of thiophene rings is 1. The van der Waals surface area contributed by atoms with E-state index in [1.807, 2.05) is 30.5 Å². The van der Waals surface area contributed by atoms with Crippen LogP contribution in [-0.4, -0.2) is 17.1 Å². The Morgan fingerprint density at radius 3 is 2.70 bits per heavy atom. The van der Waals surface area contributed by atoms with Gasteiger partial charge in [0.05, 0.1) is 17.6 Å². The van der Waals surface area contributed by atoms with Gasteiger partial charge in [0.2, 0.25) is 0 Å². The van der Waals surface area contributed by atoms with E-state index in [1.165, 1.54) is 11.3 Å². The second-order valence-electron chi connectivity index (χ2n) is 4.24. The first kappa shape index (κ1) is 13.6. The minimum Gasteiger partial charge on any atom is -0.495 e. The molecular weight excluding hydrogens is 315 g/mol. The maximum atomic E-state index is 6.31. The lowest BCUT2D eigenvalue weighted by molar-refractivity contribution is 0.418. The van der Waals surface area contributed by atoms with E-state index in [-0.39, 0.29) is 0 Å². The average molecular weight is 325 g/mol. The predicted octanol–water partition coefficient (Wildman–Crippen LogP) is 4.98. The summed E-state index contributed by atoms with van der Waals surface area (Å²) in [6, 6.07) is 5.60. The summed E-state index contributed by atoms with van der Waals surface area (Å²) in [6.45, 7) is 1.96. The van der Waals surface area contributed by atoms with Crippen molar-refractivity contribution in [3.05, 3.63) is 39.3 Å². The molecule has 0 N–H and O–H groups in total. The number of benzene rings is 1. The van der Waals surface area contributed by atoms with Crippen LogP contribution in [-0.2, 0) is 0 Å². The summed E-state index contributed by atoms with van der Waals surface area (Å²) in [5.41, 5.74) is 1.66. The van der Waals surface area contributed by atoms with E-state index in [0.717, 1.165) is 21.6 Å². The fourth-order valence-corrected chi connectivity index (χ4v) is 3.35. The van der Waals surface area contributed by atoms with Gasteiger partial charge in [0.1, 0.15) is 15.8 Å². The SMILES string of the molecule is COc1ccsc1-c1nc(Cl)c2c(C)ccc(Cl)c2n1. The van der Waals surface area contributed by atoms with E-state index in [9.17, 15) is 0 Å². The molecule has 0 saturated heterocycles. The van der Waals surface area contributed by atoms with Crippen LogP contribution in [0.15, 0.2) is 23.6 Å². The molecule has 0 spiro atoms. The molecular formula is C14H10Cl2N2OS. The third-order valence-electron chi connectivity index (χ3n) is 3.02. The lowest BCUT2D eigenvalue weighted by atomic mass is 10.1. The number of rotatable bonds is 2. The van der Waals surface area contributed by atoms with E-state index in [4.69, 9.17) is 27.9 Å². The summed E-state index contributed by atoms with van der Waals surface area (Å²) in [5, 5.41) is 3.68. The molecule has 0 aliphatic heterocycles. The van der Waals surface area contributed by atoms with Crippen molar-refractivity contribution in [2.24, 2.45) is 0 Å². The Bertz CT molecular complexity index is 801. The van der Waals surface area contributed by atoms with Gasteiger partial charge >= 0.3 is 0 Å². The van der Waals surface area contributed by atoms with Crippen molar-refractivity contribution in [2.75, 3.05) is 7.11 Å². The van der Waals surface area contributed by atoms with Crippen LogP contribution in [0.5, 0.6) is 5.75 Å². The third kappa shape index (κ3) is 2.14. The number of halogens is 2. The smallest absolute Gasteiger partial charge is 0.175 e. The van der Waals surface area contributed by atoms with Crippen LogP contribution in [0.25, 0.3) is 21.6 Å². The minimum atomic E-state index is 0.403. The summed E-state index contributed by atoms with van der Waals surface area (Å²) < 4.78 is 5.30. The third-order valence-corrected chi connectivity index (χ3v) is 4.49. The number of fused-ring (bicyclic) bond motifs is 1. The molecule has 3 rings (SSSR count). The molecule has 0 amide bonds. The molecule has 0 fully saturated rings. The van der Waals surface area contributed by atoms with Crippen molar-refractivity contribution >= 4 is 45.4 Å². The normalized spacial score (nSPS) is 11.0. The Hall–Kier alpha value is -1.36. The Balaban J connectivity index is 2.32. The van der Waals surface area contributed by atoms with E-state index in [1.54, 1.807) is 7.11 Å². The first-order valence-corrected chi connectivity index (χ1v) is 7.49. The second kappa shape index (κ2) is 5.20. The van der Waals surface area contributed by atoms with Crippen LogP contribution in [0, 0.1) is 6.92 Å². The van der Waals surface area contributed by atoms with Gasteiger partial charge in [0.25, 0.3) is 0 Å². The fourth-order valence-electron chi connectivity index (χ4n) is 2.04. The number of aryl methyl sites for hydroxylation is 1. The molecule has 3 nitrogen and oxygen atoms in total. The highest BCUT2D eigenvalue weighted by Crippen LogP contribution is 2.37. The zero-order valence-electron chi connectivity index (χ0n) is 10.8. The molecule has 0 aliphatic rings. The fraction of sp³-hybridized carbons (Fsp3) is 0.143. The molecule has 102 valence electrons. The first-order chi connectivity index (χ1) is 9.61.